The van der Waals surface area contributed by atoms with Gasteiger partial charge < -0.3 is 9.84 Å². The average Bonchev–Trinajstić information content (AvgIpc) is 2.39. The van der Waals surface area contributed by atoms with Crippen LogP contribution in [0.1, 0.15) is 16.7 Å². The smallest absolute Gasteiger partial charge is 0.345 e. The Morgan fingerprint density at radius 1 is 1.14 bits per heavy atom. The molecule has 0 spiro atoms. The second-order valence-corrected chi connectivity index (χ2v) is 5.10. The molecule has 21 heavy (non-hydrogen) atoms. The number of hydrogen-bond acceptors (Lipinski definition) is 2. The fourth-order valence-corrected chi connectivity index (χ4v) is 2.18. The predicted octanol–water partition coefficient (Wildman–Crippen LogP) is 3.52. The zero-order valence-electron chi connectivity index (χ0n) is 12.0. The van der Waals surface area contributed by atoms with Crippen LogP contribution in [0.5, 0.6) is 5.75 Å². The molecule has 0 amide bonds. The molecule has 4 heteroatoms. The van der Waals surface area contributed by atoms with Gasteiger partial charge in [0.05, 0.1) is 0 Å². The molecule has 0 fully saturated rings. The largest absolute Gasteiger partial charge is 0.478 e. The van der Waals surface area contributed by atoms with Crippen molar-refractivity contribution in [1.29, 1.82) is 0 Å². The van der Waals surface area contributed by atoms with E-state index in [0.717, 1.165) is 11.1 Å². The van der Waals surface area contributed by atoms with E-state index in [1.54, 1.807) is 24.3 Å². The minimum absolute atomic E-state index is 0.183. The van der Waals surface area contributed by atoms with Gasteiger partial charge in [0.1, 0.15) is 11.6 Å². The summed E-state index contributed by atoms with van der Waals surface area (Å²) < 4.78 is 18.4. The standard InChI is InChI=1S/C17H17FO3/c1-11-7-12(2)9-15(8-11)21-16(17(19)20)10-13-3-5-14(18)6-4-13/h3-9,16H,10H2,1-2H3,(H,19,20)/t16-/m0/s1. The number of aliphatic carboxylic acids is 1. The Labute approximate surface area is 123 Å². The van der Waals surface area contributed by atoms with Crippen LogP contribution in [0.4, 0.5) is 4.39 Å². The van der Waals surface area contributed by atoms with Gasteiger partial charge in [-0.25, -0.2) is 9.18 Å². The van der Waals surface area contributed by atoms with E-state index < -0.39 is 12.1 Å². The summed E-state index contributed by atoms with van der Waals surface area (Å²) in [7, 11) is 0. The van der Waals surface area contributed by atoms with Crippen LogP contribution >= 0.6 is 0 Å². The first-order valence-corrected chi connectivity index (χ1v) is 6.66. The van der Waals surface area contributed by atoms with E-state index in [9.17, 15) is 14.3 Å². The SMILES string of the molecule is Cc1cc(C)cc(O[C@@H](Cc2ccc(F)cc2)C(=O)O)c1. The Morgan fingerprint density at radius 2 is 1.71 bits per heavy atom. The molecule has 0 aliphatic carbocycles. The van der Waals surface area contributed by atoms with Crippen molar-refractivity contribution in [2.45, 2.75) is 26.4 Å². The minimum Gasteiger partial charge on any atom is -0.478 e. The van der Waals surface area contributed by atoms with Crippen molar-refractivity contribution >= 4 is 5.97 Å². The number of aryl methyl sites for hydroxylation is 2. The van der Waals surface area contributed by atoms with Gasteiger partial charge in [0, 0.05) is 6.42 Å². The van der Waals surface area contributed by atoms with Crippen LogP contribution in [0.15, 0.2) is 42.5 Å². The molecule has 0 radical (unpaired) electrons. The van der Waals surface area contributed by atoms with E-state index in [4.69, 9.17) is 4.74 Å². The number of carboxylic acid groups (broad SMARTS) is 1. The molecule has 2 aromatic carbocycles. The summed E-state index contributed by atoms with van der Waals surface area (Å²) in [5.74, 6) is -0.860. The van der Waals surface area contributed by atoms with Crippen LogP contribution in [0.2, 0.25) is 0 Å². The normalized spacial score (nSPS) is 12.0. The molecule has 110 valence electrons. The van der Waals surface area contributed by atoms with Crippen LogP contribution in [0, 0.1) is 19.7 Å². The summed E-state index contributed by atoms with van der Waals surface area (Å²) in [5, 5.41) is 9.29. The summed E-state index contributed by atoms with van der Waals surface area (Å²) in [5.41, 5.74) is 2.74. The number of carbonyl (C=O) groups is 1. The summed E-state index contributed by atoms with van der Waals surface area (Å²) in [6.45, 7) is 3.85. The highest BCUT2D eigenvalue weighted by Gasteiger charge is 2.20. The van der Waals surface area contributed by atoms with Gasteiger partial charge in [-0.3, -0.25) is 0 Å². The molecule has 0 aromatic heterocycles. The Hall–Kier alpha value is -2.36. The third kappa shape index (κ3) is 4.31. The number of ether oxygens (including phenoxy) is 1. The molecule has 1 atom stereocenters. The van der Waals surface area contributed by atoms with E-state index >= 15 is 0 Å². The van der Waals surface area contributed by atoms with Gasteiger partial charge in [-0.1, -0.05) is 18.2 Å². The quantitative estimate of drug-likeness (QED) is 0.915. The zero-order valence-corrected chi connectivity index (χ0v) is 12.0. The number of rotatable bonds is 5. The maximum absolute atomic E-state index is 12.9. The van der Waals surface area contributed by atoms with Crippen molar-refractivity contribution in [2.24, 2.45) is 0 Å². The van der Waals surface area contributed by atoms with E-state index in [1.807, 2.05) is 19.9 Å². The molecule has 0 saturated carbocycles. The molecular weight excluding hydrogens is 271 g/mol. The minimum atomic E-state index is -1.04. The zero-order chi connectivity index (χ0) is 15.4. The first-order valence-electron chi connectivity index (χ1n) is 6.66. The maximum atomic E-state index is 12.9. The summed E-state index contributed by atoms with van der Waals surface area (Å²) in [6, 6.07) is 11.3. The average molecular weight is 288 g/mol. The first-order chi connectivity index (χ1) is 9.94. The summed E-state index contributed by atoms with van der Waals surface area (Å²) in [6.07, 6.45) is -0.820. The Kier molecular flexibility index (Phi) is 4.58. The lowest BCUT2D eigenvalue weighted by Crippen LogP contribution is -2.29. The fourth-order valence-electron chi connectivity index (χ4n) is 2.18. The van der Waals surface area contributed by atoms with Crippen LogP contribution in [-0.4, -0.2) is 17.2 Å². The molecule has 2 aromatic rings. The third-order valence-corrected chi connectivity index (χ3v) is 3.08. The lowest BCUT2D eigenvalue weighted by molar-refractivity contribution is -0.145. The Morgan fingerprint density at radius 3 is 2.24 bits per heavy atom. The molecule has 0 bridgehead atoms. The number of carboxylic acids is 1. The molecule has 0 aliphatic rings. The van der Waals surface area contributed by atoms with Gasteiger partial charge in [0.2, 0.25) is 0 Å². The van der Waals surface area contributed by atoms with Crippen LogP contribution in [0.25, 0.3) is 0 Å². The molecule has 0 aliphatic heterocycles. The first kappa shape index (κ1) is 15.0. The van der Waals surface area contributed by atoms with Crippen molar-refractivity contribution in [2.75, 3.05) is 0 Å². The molecule has 0 unspecified atom stereocenters. The van der Waals surface area contributed by atoms with Gasteiger partial charge >= 0.3 is 5.97 Å². The molecule has 3 nitrogen and oxygen atoms in total. The Bertz CT molecular complexity index is 615. The highest BCUT2D eigenvalue weighted by Crippen LogP contribution is 2.19. The van der Waals surface area contributed by atoms with Gasteiger partial charge in [0.15, 0.2) is 6.10 Å². The van der Waals surface area contributed by atoms with Crippen molar-refractivity contribution in [3.63, 3.8) is 0 Å². The highest BCUT2D eigenvalue weighted by atomic mass is 19.1. The third-order valence-electron chi connectivity index (χ3n) is 3.08. The van der Waals surface area contributed by atoms with Crippen LogP contribution < -0.4 is 4.74 Å². The van der Waals surface area contributed by atoms with Gasteiger partial charge in [-0.15, -0.1) is 0 Å². The monoisotopic (exact) mass is 288 g/mol. The van der Waals surface area contributed by atoms with Crippen molar-refractivity contribution < 1.29 is 19.0 Å². The summed E-state index contributed by atoms with van der Waals surface area (Å²) >= 11 is 0. The topological polar surface area (TPSA) is 46.5 Å². The molecule has 0 heterocycles. The molecule has 2 rings (SSSR count). The predicted molar refractivity (Wildman–Crippen MR) is 78.1 cm³/mol. The second kappa shape index (κ2) is 6.39. The fraction of sp³-hybridized carbons (Fsp3) is 0.235. The van der Waals surface area contributed by atoms with Crippen molar-refractivity contribution in [1.82, 2.24) is 0 Å². The van der Waals surface area contributed by atoms with Crippen LogP contribution in [0.3, 0.4) is 0 Å². The van der Waals surface area contributed by atoms with Gasteiger partial charge in [-0.05, 0) is 54.8 Å². The number of halogens is 1. The van der Waals surface area contributed by atoms with Crippen molar-refractivity contribution in [3.05, 3.63) is 65.0 Å². The lowest BCUT2D eigenvalue weighted by Gasteiger charge is -2.16. The van der Waals surface area contributed by atoms with Gasteiger partial charge in [-0.2, -0.15) is 0 Å². The van der Waals surface area contributed by atoms with E-state index in [0.29, 0.717) is 11.3 Å². The van der Waals surface area contributed by atoms with E-state index in [-0.39, 0.29) is 12.2 Å². The van der Waals surface area contributed by atoms with Gasteiger partial charge in [0.25, 0.3) is 0 Å². The van der Waals surface area contributed by atoms with Crippen molar-refractivity contribution in [3.8, 4) is 5.75 Å². The molecular formula is C17H17FO3. The van der Waals surface area contributed by atoms with Crippen LogP contribution in [-0.2, 0) is 11.2 Å². The maximum Gasteiger partial charge on any atom is 0.345 e. The molecule has 0 saturated heterocycles. The highest BCUT2D eigenvalue weighted by molar-refractivity contribution is 5.73. The summed E-state index contributed by atoms with van der Waals surface area (Å²) in [4.78, 5) is 11.3. The number of hydrogen-bond donors (Lipinski definition) is 1. The van der Waals surface area contributed by atoms with E-state index in [2.05, 4.69) is 0 Å². The number of benzene rings is 2. The lowest BCUT2D eigenvalue weighted by atomic mass is 10.1. The second-order valence-electron chi connectivity index (χ2n) is 5.10. The Balaban J connectivity index is 2.15. The van der Waals surface area contributed by atoms with E-state index in [1.165, 1.54) is 12.1 Å². The molecule has 1 N–H and O–H groups in total.